The van der Waals surface area contributed by atoms with Crippen LogP contribution in [0.15, 0.2) is 59.6 Å². The quantitative estimate of drug-likeness (QED) is 0.432. The van der Waals surface area contributed by atoms with Crippen LogP contribution in [-0.4, -0.2) is 69.5 Å². The third-order valence-electron chi connectivity index (χ3n) is 5.99. The molecule has 1 aliphatic rings. The first-order valence-electron chi connectivity index (χ1n) is 11.1. The van der Waals surface area contributed by atoms with Gasteiger partial charge in [-0.1, -0.05) is 12.1 Å². The number of hydrogen-bond acceptors (Lipinski definition) is 6. The normalized spacial score (nSPS) is 15.0. The number of pyridine rings is 1. The van der Waals surface area contributed by atoms with Gasteiger partial charge in [-0.25, -0.2) is 22.5 Å². The molecule has 1 saturated heterocycles. The van der Waals surface area contributed by atoms with Crippen LogP contribution in [0.25, 0.3) is 16.6 Å². The third kappa shape index (κ3) is 4.28. The molecule has 5 rings (SSSR count). The van der Waals surface area contributed by atoms with Crippen LogP contribution in [0.5, 0.6) is 0 Å². The van der Waals surface area contributed by atoms with Crippen LogP contribution < -0.4 is 0 Å². The largest absolute Gasteiger partial charge is 0.333 e. The summed E-state index contributed by atoms with van der Waals surface area (Å²) in [4.78, 5) is 23.4. The van der Waals surface area contributed by atoms with E-state index >= 15 is 0 Å². The molecule has 0 unspecified atom stereocenters. The van der Waals surface area contributed by atoms with E-state index in [0.717, 1.165) is 10.9 Å². The van der Waals surface area contributed by atoms with Crippen LogP contribution in [0, 0.1) is 19.7 Å². The van der Waals surface area contributed by atoms with E-state index in [9.17, 15) is 17.6 Å². The molecule has 1 aliphatic heterocycles. The van der Waals surface area contributed by atoms with Crippen molar-refractivity contribution in [3.05, 3.63) is 77.8 Å². The van der Waals surface area contributed by atoms with Gasteiger partial charge in [-0.3, -0.25) is 9.78 Å². The molecular weight excluding hydrogens is 471 g/mol. The first-order chi connectivity index (χ1) is 16.7. The monoisotopic (exact) mass is 494 g/mol. The SMILES string of the molecule is Cc1cnc2c(S(=O)(=O)N3CCN(C(=O)c4nc(C)n(-c5ccc(F)cc5)n4)CC3)cccc2c1. The van der Waals surface area contributed by atoms with Gasteiger partial charge in [-0.15, -0.1) is 5.10 Å². The van der Waals surface area contributed by atoms with Crippen molar-refractivity contribution in [2.45, 2.75) is 18.7 Å². The molecule has 1 fully saturated rings. The molecule has 0 spiro atoms. The molecule has 0 bridgehead atoms. The second-order valence-corrected chi connectivity index (χ2v) is 10.3. The number of halogens is 1. The smallest absolute Gasteiger partial charge is 0.293 e. The van der Waals surface area contributed by atoms with Crippen molar-refractivity contribution in [2.75, 3.05) is 26.2 Å². The number of aromatic nitrogens is 4. The number of carbonyl (C=O) groups is 1. The Hall–Kier alpha value is -3.70. The van der Waals surface area contributed by atoms with Crippen LogP contribution in [0.4, 0.5) is 4.39 Å². The summed E-state index contributed by atoms with van der Waals surface area (Å²) in [7, 11) is -3.79. The van der Waals surface area contributed by atoms with Gasteiger partial charge >= 0.3 is 0 Å². The second kappa shape index (κ2) is 8.82. The fraction of sp³-hybridized carbons (Fsp3) is 0.250. The molecule has 0 N–H and O–H groups in total. The Labute approximate surface area is 201 Å². The number of sulfonamides is 1. The molecule has 2 aromatic carbocycles. The molecular formula is C24H23FN6O3S. The van der Waals surface area contributed by atoms with Gasteiger partial charge in [0.05, 0.1) is 11.2 Å². The Morgan fingerprint density at radius 3 is 2.43 bits per heavy atom. The molecule has 4 aromatic rings. The van der Waals surface area contributed by atoms with Gasteiger partial charge in [-0.05, 0) is 55.8 Å². The number of benzene rings is 2. The van der Waals surface area contributed by atoms with E-state index in [1.165, 1.54) is 21.1 Å². The van der Waals surface area contributed by atoms with Crippen molar-refractivity contribution in [1.82, 2.24) is 29.0 Å². The van der Waals surface area contributed by atoms with E-state index in [2.05, 4.69) is 15.1 Å². The number of amides is 1. The molecule has 2 aromatic heterocycles. The highest BCUT2D eigenvalue weighted by atomic mass is 32.2. The molecule has 0 saturated carbocycles. The zero-order chi connectivity index (χ0) is 24.7. The Morgan fingerprint density at radius 1 is 1.00 bits per heavy atom. The molecule has 0 radical (unpaired) electrons. The number of fused-ring (bicyclic) bond motifs is 1. The molecule has 3 heterocycles. The van der Waals surface area contributed by atoms with E-state index in [-0.39, 0.29) is 48.6 Å². The Morgan fingerprint density at radius 2 is 1.71 bits per heavy atom. The van der Waals surface area contributed by atoms with E-state index in [1.54, 1.807) is 42.3 Å². The van der Waals surface area contributed by atoms with Crippen molar-refractivity contribution in [1.29, 1.82) is 0 Å². The minimum Gasteiger partial charge on any atom is -0.333 e. The maximum Gasteiger partial charge on any atom is 0.293 e. The Balaban J connectivity index is 1.32. The average molecular weight is 495 g/mol. The van der Waals surface area contributed by atoms with Crippen molar-refractivity contribution >= 4 is 26.8 Å². The lowest BCUT2D eigenvalue weighted by atomic mass is 10.2. The number of aryl methyl sites for hydroxylation is 2. The summed E-state index contributed by atoms with van der Waals surface area (Å²) in [6.07, 6.45) is 1.65. The standard InChI is InChI=1S/C24H23FN6O3S/c1-16-14-18-4-3-5-21(22(18)26-15-16)35(33,34)30-12-10-29(11-13-30)24(32)23-27-17(2)31(28-23)20-8-6-19(25)7-9-20/h3-9,14-15H,10-13H2,1-2H3. The van der Waals surface area contributed by atoms with Crippen LogP contribution in [-0.2, 0) is 10.0 Å². The van der Waals surface area contributed by atoms with E-state index in [1.807, 2.05) is 19.1 Å². The molecule has 0 atom stereocenters. The first-order valence-corrected chi connectivity index (χ1v) is 12.5. The Kier molecular flexibility index (Phi) is 5.81. The highest BCUT2D eigenvalue weighted by Gasteiger charge is 2.33. The summed E-state index contributed by atoms with van der Waals surface area (Å²) in [6, 6.07) is 12.7. The Bertz CT molecular complexity index is 1530. The fourth-order valence-corrected chi connectivity index (χ4v) is 5.76. The summed E-state index contributed by atoms with van der Waals surface area (Å²) in [6.45, 7) is 4.32. The molecule has 9 nitrogen and oxygen atoms in total. The van der Waals surface area contributed by atoms with Gasteiger partial charge < -0.3 is 4.90 Å². The molecule has 35 heavy (non-hydrogen) atoms. The van der Waals surface area contributed by atoms with Gasteiger partial charge in [0.1, 0.15) is 16.5 Å². The number of hydrogen-bond donors (Lipinski definition) is 0. The predicted molar refractivity (Wildman–Crippen MR) is 127 cm³/mol. The zero-order valence-electron chi connectivity index (χ0n) is 19.2. The summed E-state index contributed by atoms with van der Waals surface area (Å²) < 4.78 is 42.9. The summed E-state index contributed by atoms with van der Waals surface area (Å²) in [5.41, 5.74) is 1.97. The number of rotatable bonds is 4. The summed E-state index contributed by atoms with van der Waals surface area (Å²) in [5, 5.41) is 5.06. The minimum atomic E-state index is -3.79. The lowest BCUT2D eigenvalue weighted by Gasteiger charge is -2.33. The van der Waals surface area contributed by atoms with Crippen molar-refractivity contribution in [2.24, 2.45) is 0 Å². The highest BCUT2D eigenvalue weighted by molar-refractivity contribution is 7.89. The molecule has 1 amide bonds. The van der Waals surface area contributed by atoms with Gasteiger partial charge in [0, 0.05) is 37.8 Å². The number of carbonyl (C=O) groups excluding carboxylic acids is 1. The molecule has 11 heteroatoms. The number of piperazine rings is 1. The van der Waals surface area contributed by atoms with E-state index in [4.69, 9.17) is 0 Å². The van der Waals surface area contributed by atoms with Crippen molar-refractivity contribution < 1.29 is 17.6 Å². The van der Waals surface area contributed by atoms with Gasteiger partial charge in [-0.2, -0.15) is 4.31 Å². The summed E-state index contributed by atoms with van der Waals surface area (Å²) >= 11 is 0. The first kappa shape index (κ1) is 23.1. The third-order valence-corrected chi connectivity index (χ3v) is 7.92. The second-order valence-electron chi connectivity index (χ2n) is 8.41. The lowest BCUT2D eigenvalue weighted by molar-refractivity contribution is 0.0685. The zero-order valence-corrected chi connectivity index (χ0v) is 20.0. The fourth-order valence-electron chi connectivity index (χ4n) is 4.17. The van der Waals surface area contributed by atoms with Gasteiger partial charge in [0.2, 0.25) is 15.8 Å². The van der Waals surface area contributed by atoms with Crippen LogP contribution in [0.2, 0.25) is 0 Å². The maximum atomic E-state index is 13.4. The molecule has 180 valence electrons. The number of para-hydroxylation sites is 1. The number of nitrogens with zero attached hydrogens (tertiary/aromatic N) is 6. The van der Waals surface area contributed by atoms with E-state index in [0.29, 0.717) is 17.0 Å². The van der Waals surface area contributed by atoms with E-state index < -0.39 is 10.0 Å². The highest BCUT2D eigenvalue weighted by Crippen LogP contribution is 2.26. The maximum absolute atomic E-state index is 13.4. The van der Waals surface area contributed by atoms with Crippen LogP contribution >= 0.6 is 0 Å². The average Bonchev–Trinajstić information content (AvgIpc) is 3.25. The lowest BCUT2D eigenvalue weighted by Crippen LogP contribution is -2.50. The minimum absolute atomic E-state index is 0.0109. The van der Waals surface area contributed by atoms with Gasteiger partial charge in [0.15, 0.2) is 0 Å². The molecule has 0 aliphatic carbocycles. The van der Waals surface area contributed by atoms with Crippen molar-refractivity contribution in [3.63, 3.8) is 0 Å². The predicted octanol–water partition coefficient (Wildman–Crippen LogP) is 2.72. The van der Waals surface area contributed by atoms with Crippen molar-refractivity contribution in [3.8, 4) is 5.69 Å². The van der Waals surface area contributed by atoms with Crippen LogP contribution in [0.3, 0.4) is 0 Å². The summed E-state index contributed by atoms with van der Waals surface area (Å²) in [5.74, 6) is -0.255. The van der Waals surface area contributed by atoms with Gasteiger partial charge in [0.25, 0.3) is 5.91 Å². The van der Waals surface area contributed by atoms with Crippen LogP contribution in [0.1, 0.15) is 22.0 Å². The topological polar surface area (TPSA) is 101 Å².